The molecule has 0 fully saturated rings. The molecule has 0 aliphatic rings. The zero-order chi connectivity index (χ0) is 18.6. The van der Waals surface area contributed by atoms with Gasteiger partial charge in [0.15, 0.2) is 0 Å². The van der Waals surface area contributed by atoms with E-state index in [9.17, 15) is 0 Å². The van der Waals surface area contributed by atoms with Crippen LogP contribution in [0.3, 0.4) is 0 Å². The summed E-state index contributed by atoms with van der Waals surface area (Å²) in [6, 6.07) is 16.0. The molecule has 4 aromatic rings. The molecule has 0 spiro atoms. The van der Waals surface area contributed by atoms with Crippen molar-refractivity contribution in [1.82, 2.24) is 15.1 Å². The molecule has 0 bridgehead atoms. The first-order valence-corrected chi connectivity index (χ1v) is 9.66. The SMILES string of the molecule is CCOc1ccc(-c2csc(Cc3nc(-c4ccc(C)cc4)no3)n2)cc1. The van der Waals surface area contributed by atoms with Crippen molar-refractivity contribution in [3.63, 3.8) is 0 Å². The van der Waals surface area contributed by atoms with Crippen LogP contribution in [0.25, 0.3) is 22.6 Å². The van der Waals surface area contributed by atoms with Crippen molar-refractivity contribution in [1.29, 1.82) is 0 Å². The maximum Gasteiger partial charge on any atom is 0.233 e. The maximum atomic E-state index is 5.48. The molecule has 0 unspecified atom stereocenters. The predicted molar refractivity (Wildman–Crippen MR) is 106 cm³/mol. The Kier molecular flexibility index (Phi) is 4.98. The average molecular weight is 377 g/mol. The Bertz CT molecular complexity index is 1020. The van der Waals surface area contributed by atoms with Gasteiger partial charge in [0.25, 0.3) is 0 Å². The minimum atomic E-state index is 0.528. The topological polar surface area (TPSA) is 61.0 Å². The molecule has 27 heavy (non-hydrogen) atoms. The van der Waals surface area contributed by atoms with Gasteiger partial charge in [-0.1, -0.05) is 35.0 Å². The van der Waals surface area contributed by atoms with Crippen molar-refractivity contribution in [3.8, 4) is 28.4 Å². The van der Waals surface area contributed by atoms with E-state index >= 15 is 0 Å². The molecule has 0 aliphatic heterocycles. The molecule has 0 atom stereocenters. The Morgan fingerprint density at radius 3 is 2.44 bits per heavy atom. The summed E-state index contributed by atoms with van der Waals surface area (Å²) >= 11 is 1.59. The third kappa shape index (κ3) is 4.06. The Balaban J connectivity index is 1.47. The van der Waals surface area contributed by atoms with Gasteiger partial charge in [0.2, 0.25) is 11.7 Å². The summed E-state index contributed by atoms with van der Waals surface area (Å²) in [5, 5.41) is 7.07. The van der Waals surface area contributed by atoms with Crippen LogP contribution >= 0.6 is 11.3 Å². The number of aryl methyl sites for hydroxylation is 1. The van der Waals surface area contributed by atoms with Gasteiger partial charge in [-0.15, -0.1) is 11.3 Å². The highest BCUT2D eigenvalue weighted by Crippen LogP contribution is 2.26. The first-order chi connectivity index (χ1) is 13.2. The molecule has 0 saturated carbocycles. The van der Waals surface area contributed by atoms with Gasteiger partial charge in [-0.2, -0.15) is 4.98 Å². The zero-order valence-corrected chi connectivity index (χ0v) is 16.0. The van der Waals surface area contributed by atoms with Crippen LogP contribution in [0.15, 0.2) is 58.4 Å². The second-order valence-corrected chi connectivity index (χ2v) is 7.08. The Morgan fingerprint density at radius 2 is 1.70 bits per heavy atom. The molecule has 2 aromatic carbocycles. The largest absolute Gasteiger partial charge is 0.494 e. The summed E-state index contributed by atoms with van der Waals surface area (Å²) in [5.41, 5.74) is 4.15. The van der Waals surface area contributed by atoms with Crippen LogP contribution in [0.4, 0.5) is 0 Å². The zero-order valence-electron chi connectivity index (χ0n) is 15.2. The van der Waals surface area contributed by atoms with E-state index in [4.69, 9.17) is 14.2 Å². The Hall–Kier alpha value is -2.99. The van der Waals surface area contributed by atoms with Crippen LogP contribution in [0.5, 0.6) is 5.75 Å². The van der Waals surface area contributed by atoms with Crippen LogP contribution in [-0.2, 0) is 6.42 Å². The molecule has 4 rings (SSSR count). The van der Waals surface area contributed by atoms with Crippen LogP contribution in [0.2, 0.25) is 0 Å². The molecular weight excluding hydrogens is 358 g/mol. The average Bonchev–Trinajstić information content (AvgIpc) is 3.34. The lowest BCUT2D eigenvalue weighted by Gasteiger charge is -2.03. The van der Waals surface area contributed by atoms with Gasteiger partial charge in [-0.05, 0) is 38.1 Å². The van der Waals surface area contributed by atoms with E-state index in [2.05, 4.69) is 17.1 Å². The third-order valence-electron chi connectivity index (χ3n) is 4.09. The van der Waals surface area contributed by atoms with Gasteiger partial charge in [0.05, 0.1) is 18.7 Å². The molecule has 5 nitrogen and oxygen atoms in total. The lowest BCUT2D eigenvalue weighted by Crippen LogP contribution is -1.91. The number of hydrogen-bond donors (Lipinski definition) is 0. The monoisotopic (exact) mass is 377 g/mol. The van der Waals surface area contributed by atoms with Gasteiger partial charge < -0.3 is 9.26 Å². The van der Waals surface area contributed by atoms with E-state index in [1.807, 2.05) is 60.8 Å². The number of aromatic nitrogens is 3. The highest BCUT2D eigenvalue weighted by molar-refractivity contribution is 7.10. The molecule has 0 amide bonds. The minimum absolute atomic E-state index is 0.528. The third-order valence-corrected chi connectivity index (χ3v) is 4.94. The fraction of sp³-hybridized carbons (Fsp3) is 0.190. The van der Waals surface area contributed by atoms with E-state index in [-0.39, 0.29) is 0 Å². The molecule has 0 aliphatic carbocycles. The number of nitrogens with zero attached hydrogens (tertiary/aromatic N) is 3. The van der Waals surface area contributed by atoms with Crippen molar-refractivity contribution >= 4 is 11.3 Å². The van der Waals surface area contributed by atoms with E-state index < -0.39 is 0 Å². The molecule has 0 saturated heterocycles. The molecule has 0 N–H and O–H groups in total. The van der Waals surface area contributed by atoms with Crippen LogP contribution in [0.1, 0.15) is 23.4 Å². The number of rotatable bonds is 6. The van der Waals surface area contributed by atoms with Crippen molar-refractivity contribution in [2.75, 3.05) is 6.61 Å². The van der Waals surface area contributed by atoms with Gasteiger partial charge in [0.1, 0.15) is 10.8 Å². The highest BCUT2D eigenvalue weighted by atomic mass is 32.1. The lowest BCUT2D eigenvalue weighted by atomic mass is 10.1. The minimum Gasteiger partial charge on any atom is -0.494 e. The summed E-state index contributed by atoms with van der Waals surface area (Å²) in [7, 11) is 0. The van der Waals surface area contributed by atoms with Crippen molar-refractivity contribution in [2.45, 2.75) is 20.3 Å². The summed E-state index contributed by atoms with van der Waals surface area (Å²) < 4.78 is 10.9. The van der Waals surface area contributed by atoms with E-state index in [0.29, 0.717) is 24.7 Å². The number of ether oxygens (including phenoxy) is 1. The van der Waals surface area contributed by atoms with Crippen LogP contribution in [0, 0.1) is 6.92 Å². The van der Waals surface area contributed by atoms with Gasteiger partial charge in [0, 0.05) is 16.5 Å². The van der Waals surface area contributed by atoms with Crippen LogP contribution < -0.4 is 4.74 Å². The van der Waals surface area contributed by atoms with E-state index in [1.54, 1.807) is 11.3 Å². The Labute approximate surface area is 161 Å². The number of hydrogen-bond acceptors (Lipinski definition) is 6. The van der Waals surface area contributed by atoms with Gasteiger partial charge >= 0.3 is 0 Å². The van der Waals surface area contributed by atoms with E-state index in [0.717, 1.165) is 27.6 Å². The Morgan fingerprint density at radius 1 is 0.963 bits per heavy atom. The van der Waals surface area contributed by atoms with Crippen molar-refractivity contribution in [3.05, 3.63) is 70.4 Å². The quantitative estimate of drug-likeness (QED) is 0.464. The summed E-state index contributed by atoms with van der Waals surface area (Å²) in [6.07, 6.45) is 0.528. The fourth-order valence-electron chi connectivity index (χ4n) is 2.69. The number of benzene rings is 2. The second-order valence-electron chi connectivity index (χ2n) is 6.14. The molecule has 0 radical (unpaired) electrons. The second kappa shape index (κ2) is 7.72. The smallest absolute Gasteiger partial charge is 0.233 e. The molecule has 2 heterocycles. The molecule has 6 heteroatoms. The van der Waals surface area contributed by atoms with Gasteiger partial charge in [-0.25, -0.2) is 4.98 Å². The standard InChI is InChI=1S/C21H19N3O2S/c1-3-25-17-10-8-15(9-11-17)18-13-27-20(22-18)12-19-23-21(24-26-19)16-6-4-14(2)5-7-16/h4-11,13H,3,12H2,1-2H3. The first-order valence-electron chi connectivity index (χ1n) is 8.78. The summed E-state index contributed by atoms with van der Waals surface area (Å²) in [4.78, 5) is 9.19. The molecule has 2 aromatic heterocycles. The first kappa shape index (κ1) is 17.4. The van der Waals surface area contributed by atoms with Crippen LogP contribution in [-0.4, -0.2) is 21.7 Å². The molecule has 136 valence electrons. The summed E-state index contributed by atoms with van der Waals surface area (Å²) in [5.74, 6) is 2.04. The fourth-order valence-corrected chi connectivity index (χ4v) is 3.48. The lowest BCUT2D eigenvalue weighted by molar-refractivity contribution is 0.340. The predicted octanol–water partition coefficient (Wildman–Crippen LogP) is 5.16. The highest BCUT2D eigenvalue weighted by Gasteiger charge is 2.12. The normalized spacial score (nSPS) is 10.9. The maximum absolute atomic E-state index is 5.48. The number of thiazole rings is 1. The summed E-state index contributed by atoms with van der Waals surface area (Å²) in [6.45, 7) is 4.69. The molecular formula is C21H19N3O2S. The van der Waals surface area contributed by atoms with Crippen molar-refractivity contribution in [2.24, 2.45) is 0 Å². The van der Waals surface area contributed by atoms with Gasteiger partial charge in [-0.3, -0.25) is 0 Å². The van der Waals surface area contributed by atoms with E-state index in [1.165, 1.54) is 5.56 Å². The van der Waals surface area contributed by atoms with Crippen molar-refractivity contribution < 1.29 is 9.26 Å².